The third-order valence-corrected chi connectivity index (χ3v) is 2.94. The quantitative estimate of drug-likeness (QED) is 0.920. The van der Waals surface area contributed by atoms with E-state index in [0.717, 1.165) is 23.2 Å². The minimum Gasteiger partial charge on any atom is -0.469 e. The fourth-order valence-corrected chi connectivity index (χ4v) is 2.06. The van der Waals surface area contributed by atoms with E-state index >= 15 is 0 Å². The minimum atomic E-state index is 0.375. The molecule has 0 fully saturated rings. The van der Waals surface area contributed by atoms with Crippen molar-refractivity contribution >= 4 is 15.9 Å². The second-order valence-electron chi connectivity index (χ2n) is 4.08. The molecule has 90 valence electrons. The highest BCUT2D eigenvalue weighted by atomic mass is 79.9. The van der Waals surface area contributed by atoms with Crippen LogP contribution in [0.25, 0.3) is 0 Å². The summed E-state index contributed by atoms with van der Waals surface area (Å²) in [7, 11) is 0. The van der Waals surface area contributed by atoms with Crippen LogP contribution < -0.4 is 5.32 Å². The number of nitrogens with zero attached hydrogens (tertiary/aromatic N) is 1. The zero-order valence-corrected chi connectivity index (χ0v) is 11.3. The van der Waals surface area contributed by atoms with Gasteiger partial charge in [-0.05, 0) is 46.6 Å². The van der Waals surface area contributed by atoms with Crippen molar-refractivity contribution in [1.82, 2.24) is 10.3 Å². The largest absolute Gasteiger partial charge is 0.469 e. The van der Waals surface area contributed by atoms with E-state index in [4.69, 9.17) is 4.42 Å². The van der Waals surface area contributed by atoms with Crippen LogP contribution in [0.15, 0.2) is 45.7 Å². The van der Waals surface area contributed by atoms with E-state index in [1.54, 1.807) is 12.5 Å². The number of halogens is 1. The summed E-state index contributed by atoms with van der Waals surface area (Å²) in [4.78, 5) is 4.13. The van der Waals surface area contributed by atoms with Gasteiger partial charge in [0.25, 0.3) is 0 Å². The summed E-state index contributed by atoms with van der Waals surface area (Å²) in [6, 6.07) is 6.36. The number of furan rings is 1. The van der Waals surface area contributed by atoms with Gasteiger partial charge in [0.05, 0.1) is 6.26 Å². The fraction of sp³-hybridized carbons (Fsp3) is 0.308. The smallest absolute Gasteiger partial charge is 0.105 e. The molecule has 2 heterocycles. The Balaban J connectivity index is 1.82. The average Bonchev–Trinajstić information content (AvgIpc) is 2.79. The molecule has 1 unspecified atom stereocenters. The summed E-state index contributed by atoms with van der Waals surface area (Å²) in [5.74, 6) is 1.01. The minimum absolute atomic E-state index is 0.375. The molecule has 0 bridgehead atoms. The van der Waals surface area contributed by atoms with E-state index in [0.29, 0.717) is 6.04 Å². The molecular weight excluding hydrogens is 280 g/mol. The van der Waals surface area contributed by atoms with Crippen molar-refractivity contribution in [3.05, 3.63) is 52.7 Å². The molecule has 0 aromatic carbocycles. The molecule has 0 aliphatic rings. The maximum Gasteiger partial charge on any atom is 0.105 e. The van der Waals surface area contributed by atoms with Gasteiger partial charge in [-0.3, -0.25) is 4.98 Å². The monoisotopic (exact) mass is 294 g/mol. The maximum atomic E-state index is 5.32. The van der Waals surface area contributed by atoms with Gasteiger partial charge in [0.15, 0.2) is 0 Å². The molecule has 0 aliphatic heterocycles. The highest BCUT2D eigenvalue weighted by molar-refractivity contribution is 9.10. The highest BCUT2D eigenvalue weighted by Crippen LogP contribution is 2.10. The number of rotatable bonds is 5. The Morgan fingerprint density at radius 3 is 3.06 bits per heavy atom. The van der Waals surface area contributed by atoms with Gasteiger partial charge in [-0.25, -0.2) is 0 Å². The van der Waals surface area contributed by atoms with Gasteiger partial charge >= 0.3 is 0 Å². The lowest BCUT2D eigenvalue weighted by Gasteiger charge is -2.12. The number of aromatic nitrogens is 1. The van der Waals surface area contributed by atoms with Crippen LogP contribution in [-0.4, -0.2) is 11.0 Å². The fourth-order valence-electron chi connectivity index (χ4n) is 1.65. The van der Waals surface area contributed by atoms with Gasteiger partial charge in [-0.2, -0.15) is 0 Å². The molecule has 0 saturated carbocycles. The highest BCUT2D eigenvalue weighted by Gasteiger charge is 2.05. The second kappa shape index (κ2) is 5.98. The van der Waals surface area contributed by atoms with E-state index in [1.165, 1.54) is 5.56 Å². The Labute approximate surface area is 109 Å². The Morgan fingerprint density at radius 2 is 2.35 bits per heavy atom. The second-order valence-corrected chi connectivity index (χ2v) is 4.99. The van der Waals surface area contributed by atoms with Gasteiger partial charge < -0.3 is 9.73 Å². The summed E-state index contributed by atoms with van der Waals surface area (Å²) in [6.07, 6.45) is 6.27. The van der Waals surface area contributed by atoms with Crippen molar-refractivity contribution in [2.24, 2.45) is 0 Å². The number of hydrogen-bond acceptors (Lipinski definition) is 3. The predicted octanol–water partition coefficient (Wildman–Crippen LogP) is 3.16. The van der Waals surface area contributed by atoms with Crippen LogP contribution in [0.5, 0.6) is 0 Å². The predicted molar refractivity (Wildman–Crippen MR) is 70.7 cm³/mol. The maximum absolute atomic E-state index is 5.32. The number of hydrogen-bond donors (Lipinski definition) is 1. The zero-order chi connectivity index (χ0) is 12.1. The summed E-state index contributed by atoms with van der Waals surface area (Å²) < 4.78 is 6.33. The first-order valence-electron chi connectivity index (χ1n) is 5.59. The van der Waals surface area contributed by atoms with Gasteiger partial charge in [-0.1, -0.05) is 0 Å². The molecule has 0 radical (unpaired) electrons. The van der Waals surface area contributed by atoms with Crippen LogP contribution in [0.1, 0.15) is 18.2 Å². The third-order valence-electron chi connectivity index (χ3n) is 2.50. The first-order valence-corrected chi connectivity index (χ1v) is 6.38. The van der Waals surface area contributed by atoms with Gasteiger partial charge in [-0.15, -0.1) is 0 Å². The molecule has 0 spiro atoms. The molecule has 0 amide bonds. The molecule has 2 rings (SSSR count). The molecule has 3 nitrogen and oxygen atoms in total. The molecular formula is C13H15BrN2O. The Morgan fingerprint density at radius 1 is 1.47 bits per heavy atom. The van der Waals surface area contributed by atoms with Crippen LogP contribution in [-0.2, 0) is 13.0 Å². The van der Waals surface area contributed by atoms with Crippen LogP contribution >= 0.6 is 15.9 Å². The summed E-state index contributed by atoms with van der Waals surface area (Å²) in [5.41, 5.74) is 1.17. The third kappa shape index (κ3) is 3.98. The zero-order valence-electron chi connectivity index (χ0n) is 9.69. The van der Waals surface area contributed by atoms with Crippen LogP contribution in [0.4, 0.5) is 0 Å². The molecule has 1 N–H and O–H groups in total. The van der Waals surface area contributed by atoms with Crippen LogP contribution in [0.3, 0.4) is 0 Å². The Kier molecular flexibility index (Phi) is 4.34. The van der Waals surface area contributed by atoms with E-state index in [2.05, 4.69) is 39.2 Å². The molecule has 4 heteroatoms. The lowest BCUT2D eigenvalue weighted by Crippen LogP contribution is -2.27. The van der Waals surface area contributed by atoms with Crippen molar-refractivity contribution in [3.8, 4) is 0 Å². The number of nitrogens with one attached hydrogen (secondary N) is 1. The van der Waals surface area contributed by atoms with Crippen molar-refractivity contribution in [2.45, 2.75) is 25.9 Å². The molecule has 2 aromatic rings. The van der Waals surface area contributed by atoms with E-state index in [1.807, 2.05) is 18.3 Å². The van der Waals surface area contributed by atoms with Crippen molar-refractivity contribution in [3.63, 3.8) is 0 Å². The lowest BCUT2D eigenvalue weighted by atomic mass is 10.2. The van der Waals surface area contributed by atoms with Crippen molar-refractivity contribution < 1.29 is 4.42 Å². The van der Waals surface area contributed by atoms with E-state index in [9.17, 15) is 0 Å². The number of pyridine rings is 1. The molecule has 17 heavy (non-hydrogen) atoms. The first kappa shape index (κ1) is 12.3. The lowest BCUT2D eigenvalue weighted by molar-refractivity contribution is 0.456. The average molecular weight is 295 g/mol. The normalized spacial score (nSPS) is 12.6. The van der Waals surface area contributed by atoms with E-state index < -0.39 is 0 Å². The molecule has 2 aromatic heterocycles. The Bertz CT molecular complexity index is 456. The van der Waals surface area contributed by atoms with Gasteiger partial charge in [0.1, 0.15) is 5.76 Å². The summed E-state index contributed by atoms with van der Waals surface area (Å²) >= 11 is 3.41. The van der Waals surface area contributed by atoms with Gasteiger partial charge in [0, 0.05) is 35.9 Å². The van der Waals surface area contributed by atoms with Crippen molar-refractivity contribution in [1.29, 1.82) is 0 Å². The molecule has 0 aliphatic carbocycles. The topological polar surface area (TPSA) is 38.1 Å². The Hall–Kier alpha value is -1.13. The molecule has 1 atom stereocenters. The first-order chi connectivity index (χ1) is 8.24. The van der Waals surface area contributed by atoms with Crippen LogP contribution in [0.2, 0.25) is 0 Å². The summed E-state index contributed by atoms with van der Waals surface area (Å²) in [5, 5.41) is 3.44. The van der Waals surface area contributed by atoms with Gasteiger partial charge in [0.2, 0.25) is 0 Å². The standard InChI is InChI=1S/C13H15BrN2O/c1-10(5-13-3-2-4-17-13)16-8-11-6-12(14)9-15-7-11/h2-4,6-7,9-10,16H,5,8H2,1H3. The molecule has 0 saturated heterocycles. The van der Waals surface area contributed by atoms with E-state index in [-0.39, 0.29) is 0 Å². The SMILES string of the molecule is CC(Cc1ccco1)NCc1cncc(Br)c1. The van der Waals surface area contributed by atoms with Crippen LogP contribution in [0, 0.1) is 0 Å². The van der Waals surface area contributed by atoms with Crippen molar-refractivity contribution in [2.75, 3.05) is 0 Å². The summed E-state index contributed by atoms with van der Waals surface area (Å²) in [6.45, 7) is 2.96.